The number of nitrogens with zero attached hydrogens (tertiary/aromatic N) is 6. The van der Waals surface area contributed by atoms with Crippen molar-refractivity contribution in [3.63, 3.8) is 0 Å². The molecule has 8 nitrogen and oxygen atoms in total. The number of alkyl halides is 2. The maximum atomic E-state index is 13.1. The van der Waals surface area contributed by atoms with Crippen molar-refractivity contribution in [3.05, 3.63) is 41.0 Å². The van der Waals surface area contributed by atoms with Crippen molar-refractivity contribution in [1.29, 1.82) is 5.26 Å². The summed E-state index contributed by atoms with van der Waals surface area (Å²) in [5.41, 5.74) is 8.58. The molecule has 3 aromatic heterocycles. The maximum Gasteiger partial charge on any atom is 0.254 e. The van der Waals surface area contributed by atoms with Gasteiger partial charge < -0.3 is 11.1 Å². The van der Waals surface area contributed by atoms with Crippen LogP contribution in [0.5, 0.6) is 0 Å². The molecule has 1 saturated carbocycles. The predicted molar refractivity (Wildman–Crippen MR) is 93.3 cm³/mol. The van der Waals surface area contributed by atoms with Crippen molar-refractivity contribution in [1.82, 2.24) is 24.6 Å². The lowest BCUT2D eigenvalue weighted by molar-refractivity contribution is -0.0794. The third-order valence-electron chi connectivity index (χ3n) is 4.63. The maximum absolute atomic E-state index is 13.1. The Bertz CT molecular complexity index is 1060. The fraction of sp³-hybridized carbons (Fsp3) is 0.353. The van der Waals surface area contributed by atoms with E-state index in [-0.39, 0.29) is 12.8 Å². The van der Waals surface area contributed by atoms with Gasteiger partial charge in [0, 0.05) is 42.3 Å². The summed E-state index contributed by atoms with van der Waals surface area (Å²) in [4.78, 5) is 12.8. The molecule has 27 heavy (non-hydrogen) atoms. The smallest absolute Gasteiger partial charge is 0.254 e. The van der Waals surface area contributed by atoms with Gasteiger partial charge in [0.15, 0.2) is 0 Å². The molecule has 0 spiro atoms. The molecule has 4 rings (SSSR count). The van der Waals surface area contributed by atoms with Crippen LogP contribution in [-0.2, 0) is 6.42 Å². The van der Waals surface area contributed by atoms with Gasteiger partial charge in [-0.05, 0) is 19.1 Å². The van der Waals surface area contributed by atoms with Crippen LogP contribution < -0.4 is 11.1 Å². The second-order valence-corrected chi connectivity index (χ2v) is 6.63. The van der Waals surface area contributed by atoms with Gasteiger partial charge in [-0.3, -0.25) is 0 Å². The first-order valence-electron chi connectivity index (χ1n) is 8.35. The van der Waals surface area contributed by atoms with E-state index in [0.717, 1.165) is 5.56 Å². The van der Waals surface area contributed by atoms with E-state index in [4.69, 9.17) is 5.73 Å². The molecular weight excluding hydrogens is 354 g/mol. The number of nitrogens with one attached hydrogen (secondary N) is 1. The highest BCUT2D eigenvalue weighted by Crippen LogP contribution is 2.39. The fourth-order valence-electron chi connectivity index (χ4n) is 3.17. The minimum absolute atomic E-state index is 0.261. The van der Waals surface area contributed by atoms with Crippen LogP contribution in [-0.4, -0.2) is 36.5 Å². The molecule has 0 amide bonds. The molecule has 3 heterocycles. The summed E-state index contributed by atoms with van der Waals surface area (Å²) in [5.74, 6) is -1.52. The summed E-state index contributed by atoms with van der Waals surface area (Å²) in [7, 11) is 0. The number of nitrogens with two attached hydrogens (primary N) is 1. The van der Waals surface area contributed by atoms with E-state index in [0.29, 0.717) is 40.8 Å². The van der Waals surface area contributed by atoms with E-state index in [1.54, 1.807) is 12.1 Å². The first-order chi connectivity index (χ1) is 12.9. The molecule has 0 aliphatic heterocycles. The first kappa shape index (κ1) is 17.1. The van der Waals surface area contributed by atoms with Gasteiger partial charge in [0.2, 0.25) is 0 Å². The van der Waals surface area contributed by atoms with Crippen LogP contribution >= 0.6 is 0 Å². The van der Waals surface area contributed by atoms with Gasteiger partial charge in [0.1, 0.15) is 24.0 Å². The minimum atomic E-state index is -2.65. The van der Waals surface area contributed by atoms with Gasteiger partial charge in [-0.1, -0.05) is 0 Å². The summed E-state index contributed by atoms with van der Waals surface area (Å²) in [5, 5.41) is 16.3. The van der Waals surface area contributed by atoms with Crippen LogP contribution in [0.2, 0.25) is 0 Å². The lowest BCUT2D eigenvalue weighted by Gasteiger charge is -2.35. The topological polar surface area (TPSA) is 118 Å². The molecule has 0 aromatic carbocycles. The van der Waals surface area contributed by atoms with Crippen molar-refractivity contribution in [2.45, 2.75) is 38.2 Å². The van der Waals surface area contributed by atoms with Gasteiger partial charge in [-0.15, -0.1) is 0 Å². The van der Waals surface area contributed by atoms with Crippen LogP contribution in [0.25, 0.3) is 5.78 Å². The van der Waals surface area contributed by atoms with Gasteiger partial charge in [-0.25, -0.2) is 18.7 Å². The Kier molecular flexibility index (Phi) is 3.87. The minimum Gasteiger partial charge on any atom is -0.383 e. The monoisotopic (exact) mass is 370 g/mol. The largest absolute Gasteiger partial charge is 0.383 e. The zero-order valence-corrected chi connectivity index (χ0v) is 14.4. The van der Waals surface area contributed by atoms with E-state index in [2.05, 4.69) is 25.4 Å². The predicted octanol–water partition coefficient (Wildman–Crippen LogP) is 2.08. The lowest BCUT2D eigenvalue weighted by Crippen LogP contribution is -2.44. The zero-order chi connectivity index (χ0) is 19.2. The fourth-order valence-corrected chi connectivity index (χ4v) is 3.17. The lowest BCUT2D eigenvalue weighted by atomic mass is 9.88. The van der Waals surface area contributed by atoms with Crippen molar-refractivity contribution in [2.75, 3.05) is 11.1 Å². The van der Waals surface area contributed by atoms with E-state index < -0.39 is 12.0 Å². The number of fused-ring (bicyclic) bond motifs is 1. The van der Waals surface area contributed by atoms with Gasteiger partial charge in [0.05, 0.1) is 5.56 Å². The summed E-state index contributed by atoms with van der Waals surface area (Å²) in [6.07, 6.45) is 1.21. The van der Waals surface area contributed by atoms with Crippen LogP contribution in [0.15, 0.2) is 18.5 Å². The average molecular weight is 370 g/mol. The molecule has 0 radical (unpaired) electrons. The number of hydrogen-bond donors (Lipinski definition) is 2. The SMILES string of the molecule is Cc1nc2ncnn2c(N)c1Cc1ccc(C#N)c(NC2CC(F)(F)C2)n1. The van der Waals surface area contributed by atoms with E-state index in [1.807, 2.05) is 13.0 Å². The third-order valence-corrected chi connectivity index (χ3v) is 4.63. The van der Waals surface area contributed by atoms with E-state index in [9.17, 15) is 14.0 Å². The van der Waals surface area contributed by atoms with Gasteiger partial charge >= 0.3 is 0 Å². The Balaban J connectivity index is 1.63. The highest BCUT2D eigenvalue weighted by atomic mass is 19.3. The Morgan fingerprint density at radius 1 is 1.37 bits per heavy atom. The number of aromatic nitrogens is 5. The molecule has 1 aliphatic rings. The number of aryl methyl sites for hydroxylation is 1. The van der Waals surface area contributed by atoms with E-state index >= 15 is 0 Å². The third kappa shape index (κ3) is 3.12. The van der Waals surface area contributed by atoms with Gasteiger partial charge in [0.25, 0.3) is 11.7 Å². The highest BCUT2D eigenvalue weighted by Gasteiger charge is 2.45. The number of pyridine rings is 1. The molecule has 1 fully saturated rings. The molecule has 0 saturated heterocycles. The molecule has 3 aromatic rings. The van der Waals surface area contributed by atoms with Crippen molar-refractivity contribution in [3.8, 4) is 6.07 Å². The molecule has 3 N–H and O–H groups in total. The number of halogens is 2. The Hall–Kier alpha value is -3.35. The van der Waals surface area contributed by atoms with Crippen molar-refractivity contribution in [2.24, 2.45) is 0 Å². The number of hydrogen-bond acceptors (Lipinski definition) is 7. The molecule has 0 bridgehead atoms. The average Bonchev–Trinajstić information content (AvgIpc) is 3.05. The Morgan fingerprint density at radius 2 is 2.15 bits per heavy atom. The van der Waals surface area contributed by atoms with Crippen LogP contribution in [0.4, 0.5) is 20.4 Å². The van der Waals surface area contributed by atoms with E-state index in [1.165, 1.54) is 10.8 Å². The highest BCUT2D eigenvalue weighted by molar-refractivity contribution is 5.55. The van der Waals surface area contributed by atoms with Crippen molar-refractivity contribution < 1.29 is 8.78 Å². The molecule has 138 valence electrons. The second kappa shape index (κ2) is 6.12. The number of anilines is 2. The van der Waals surface area contributed by atoms with Crippen LogP contribution in [0.1, 0.15) is 35.4 Å². The van der Waals surface area contributed by atoms with Crippen molar-refractivity contribution >= 4 is 17.4 Å². The Morgan fingerprint density at radius 3 is 2.85 bits per heavy atom. The van der Waals surface area contributed by atoms with Crippen LogP contribution in [0.3, 0.4) is 0 Å². The van der Waals surface area contributed by atoms with Gasteiger partial charge in [-0.2, -0.15) is 19.9 Å². The zero-order valence-electron chi connectivity index (χ0n) is 14.4. The summed E-state index contributed by atoms with van der Waals surface area (Å²) < 4.78 is 27.6. The number of nitriles is 1. The Labute approximate surface area is 153 Å². The summed E-state index contributed by atoms with van der Waals surface area (Å²) in [6.45, 7) is 1.82. The second-order valence-electron chi connectivity index (χ2n) is 6.63. The number of nitrogen functional groups attached to an aromatic ring is 1. The normalized spacial score (nSPS) is 16.1. The summed E-state index contributed by atoms with van der Waals surface area (Å²) in [6, 6.07) is 4.97. The summed E-state index contributed by atoms with van der Waals surface area (Å²) >= 11 is 0. The molecule has 10 heteroatoms. The molecular formula is C17H16F2N8. The first-order valence-corrected chi connectivity index (χ1v) is 8.35. The van der Waals surface area contributed by atoms with Crippen LogP contribution in [0, 0.1) is 18.3 Å². The quantitative estimate of drug-likeness (QED) is 0.722. The molecule has 0 unspecified atom stereocenters. The molecule has 0 atom stereocenters. The molecule has 1 aliphatic carbocycles. The standard InChI is InChI=1S/C17H16F2N8/c1-9-13(14(21)27-16(24-9)22-8-23-27)4-11-3-2-10(7-20)15(25-11)26-12-5-17(18,19)6-12/h2-3,8,12H,4-6,21H2,1H3,(H,25,26). The number of rotatable bonds is 4.